The van der Waals surface area contributed by atoms with Gasteiger partial charge in [-0.2, -0.15) is 13.2 Å². The van der Waals surface area contributed by atoms with Crippen molar-refractivity contribution in [3.8, 4) is 0 Å². The maximum absolute atomic E-state index is 12.6. The fourth-order valence-corrected chi connectivity index (χ4v) is 6.10. The molecule has 3 rings (SSSR count). The zero-order valence-corrected chi connectivity index (χ0v) is 20.7. The van der Waals surface area contributed by atoms with Crippen molar-refractivity contribution in [2.45, 2.75) is 128 Å². The largest absolute Gasteiger partial charge is 0.393 e. The molecule has 0 aromatic heterocycles. The van der Waals surface area contributed by atoms with E-state index in [-0.39, 0.29) is 0 Å². The Balaban J connectivity index is 1.28. The molecule has 0 unspecified atom stereocenters. The lowest BCUT2D eigenvalue weighted by Gasteiger charge is -2.38. The second kappa shape index (κ2) is 13.8. The number of alkyl halides is 3. The first-order valence-corrected chi connectivity index (χ1v) is 13.7. The van der Waals surface area contributed by atoms with Crippen molar-refractivity contribution in [3.63, 3.8) is 0 Å². The van der Waals surface area contributed by atoms with Crippen molar-refractivity contribution in [3.05, 3.63) is 35.4 Å². The fourth-order valence-electron chi connectivity index (χ4n) is 6.10. The summed E-state index contributed by atoms with van der Waals surface area (Å²) in [5.74, 6) is 2.19. The van der Waals surface area contributed by atoms with Crippen LogP contribution in [0.3, 0.4) is 0 Å². The number of halogens is 3. The van der Waals surface area contributed by atoms with Crippen LogP contribution in [0.25, 0.3) is 0 Å². The third-order valence-corrected chi connectivity index (χ3v) is 8.11. The lowest BCUT2D eigenvalue weighted by molar-refractivity contribution is -0.127. The Labute approximate surface area is 199 Å². The maximum Gasteiger partial charge on any atom is 0.393 e. The van der Waals surface area contributed by atoms with E-state index >= 15 is 0 Å². The average molecular weight is 467 g/mol. The summed E-state index contributed by atoms with van der Waals surface area (Å²) in [6.45, 7) is 3.20. The van der Waals surface area contributed by atoms with Crippen LogP contribution in [0.15, 0.2) is 24.3 Å². The number of unbranched alkanes of at least 4 members (excludes halogenated alkanes) is 6. The molecule has 1 aromatic rings. The molecule has 0 N–H and O–H groups in total. The van der Waals surface area contributed by atoms with Gasteiger partial charge in [-0.15, -0.1) is 0 Å². The third-order valence-electron chi connectivity index (χ3n) is 8.11. The molecule has 1 nitrogen and oxygen atoms in total. The first-order valence-electron chi connectivity index (χ1n) is 13.7. The van der Waals surface area contributed by atoms with Gasteiger partial charge >= 0.3 is 6.18 Å². The Morgan fingerprint density at radius 2 is 1.27 bits per heavy atom. The van der Waals surface area contributed by atoms with Gasteiger partial charge in [-0.05, 0) is 86.7 Å². The smallest absolute Gasteiger partial charge is 0.378 e. The summed E-state index contributed by atoms with van der Waals surface area (Å²) in [4.78, 5) is 0. The van der Waals surface area contributed by atoms with E-state index in [1.165, 1.54) is 102 Å². The molecule has 0 heterocycles. The Morgan fingerprint density at radius 3 is 1.85 bits per heavy atom. The Hall–Kier alpha value is -1.03. The van der Waals surface area contributed by atoms with Gasteiger partial charge in [-0.3, -0.25) is 0 Å². The van der Waals surface area contributed by atoms with E-state index in [2.05, 4.69) is 6.92 Å². The zero-order valence-electron chi connectivity index (χ0n) is 20.7. The zero-order chi connectivity index (χ0) is 23.5. The second-order valence-electron chi connectivity index (χ2n) is 10.7. The monoisotopic (exact) mass is 466 g/mol. The van der Waals surface area contributed by atoms with Gasteiger partial charge < -0.3 is 4.74 Å². The highest BCUT2D eigenvalue weighted by Gasteiger charge is 2.32. The highest BCUT2D eigenvalue weighted by atomic mass is 19.4. The summed E-state index contributed by atoms with van der Waals surface area (Å²) in [6.07, 6.45) is 14.8. The highest BCUT2D eigenvalue weighted by molar-refractivity contribution is 5.26. The van der Waals surface area contributed by atoms with Crippen molar-refractivity contribution in [2.75, 3.05) is 6.61 Å². The third kappa shape index (κ3) is 9.62. The normalized spacial score (nSPS) is 26.4. The van der Waals surface area contributed by atoms with Crippen LogP contribution in [-0.2, 0) is 11.2 Å². The topological polar surface area (TPSA) is 9.23 Å². The summed E-state index contributed by atoms with van der Waals surface area (Å²) in [5.41, 5.74) is 1.59. The van der Waals surface area contributed by atoms with Crippen LogP contribution in [0.1, 0.15) is 120 Å². The molecule has 1 aromatic carbocycles. The van der Waals surface area contributed by atoms with E-state index in [4.69, 9.17) is 4.74 Å². The molecule has 0 radical (unpaired) electrons. The van der Waals surface area contributed by atoms with Gasteiger partial charge in [0.05, 0.1) is 12.5 Å². The second-order valence-corrected chi connectivity index (χ2v) is 10.7. The molecule has 0 atom stereocenters. The Morgan fingerprint density at radius 1 is 0.727 bits per heavy atom. The highest BCUT2D eigenvalue weighted by Crippen LogP contribution is 2.43. The number of benzene rings is 1. The maximum atomic E-state index is 12.6. The van der Waals surface area contributed by atoms with Gasteiger partial charge in [0, 0.05) is 6.61 Å². The molecular weight excluding hydrogens is 421 g/mol. The van der Waals surface area contributed by atoms with Gasteiger partial charge in [0.15, 0.2) is 0 Å². The lowest BCUT2D eigenvalue weighted by Crippen LogP contribution is -2.28. The predicted molar refractivity (Wildman–Crippen MR) is 131 cm³/mol. The van der Waals surface area contributed by atoms with E-state index in [0.717, 1.165) is 18.4 Å². The standard InChI is InChI=1S/C29H45F3O/c1-2-3-4-5-6-7-8-21-33-28-19-17-27(18-20-28)26-15-13-25(14-16-26)24-11-9-23(10-12-24)22-29(30,31)32/h9-12,25-28H,2-8,13-22H2,1H3/t25?,26?,27-,28-. The quantitative estimate of drug-likeness (QED) is 0.279. The average Bonchev–Trinajstić information content (AvgIpc) is 2.81. The van der Waals surface area contributed by atoms with Crippen LogP contribution in [-0.4, -0.2) is 18.9 Å². The summed E-state index contributed by atoms with van der Waals surface area (Å²) in [7, 11) is 0. The van der Waals surface area contributed by atoms with Crippen LogP contribution in [0.2, 0.25) is 0 Å². The number of rotatable bonds is 12. The van der Waals surface area contributed by atoms with E-state index in [1.807, 2.05) is 12.1 Å². The van der Waals surface area contributed by atoms with Crippen molar-refractivity contribution in [1.82, 2.24) is 0 Å². The molecule has 33 heavy (non-hydrogen) atoms. The molecule has 2 aliphatic rings. The van der Waals surface area contributed by atoms with Crippen LogP contribution in [0.5, 0.6) is 0 Å². The molecule has 0 saturated heterocycles. The minimum absolute atomic E-state index is 0.367. The molecule has 0 aliphatic heterocycles. The van der Waals surface area contributed by atoms with Crippen LogP contribution < -0.4 is 0 Å². The summed E-state index contributed by atoms with van der Waals surface area (Å²) in [5, 5.41) is 0. The van der Waals surface area contributed by atoms with Gasteiger partial charge in [0.1, 0.15) is 0 Å². The van der Waals surface area contributed by atoms with Crippen LogP contribution in [0, 0.1) is 11.8 Å². The van der Waals surface area contributed by atoms with Crippen molar-refractivity contribution in [1.29, 1.82) is 0 Å². The Bertz CT molecular complexity index is 638. The lowest BCUT2D eigenvalue weighted by atomic mass is 9.69. The number of hydrogen-bond acceptors (Lipinski definition) is 1. The SMILES string of the molecule is CCCCCCCCCO[C@H]1CC[C@H](C2CCC(c3ccc(CC(F)(F)F)cc3)CC2)CC1. The summed E-state index contributed by atoms with van der Waals surface area (Å²) < 4.78 is 43.9. The first kappa shape index (κ1) is 26.6. The van der Waals surface area contributed by atoms with Crippen LogP contribution >= 0.6 is 0 Å². The van der Waals surface area contributed by atoms with E-state index in [1.54, 1.807) is 12.1 Å². The summed E-state index contributed by atoms with van der Waals surface area (Å²) >= 11 is 0. The molecule has 188 valence electrons. The summed E-state index contributed by atoms with van der Waals surface area (Å²) in [6, 6.07) is 7.20. The van der Waals surface area contributed by atoms with Gasteiger partial charge in [0.25, 0.3) is 0 Å². The molecule has 0 amide bonds. The van der Waals surface area contributed by atoms with E-state index < -0.39 is 12.6 Å². The van der Waals surface area contributed by atoms with Crippen LogP contribution in [0.4, 0.5) is 13.2 Å². The van der Waals surface area contributed by atoms with E-state index in [0.29, 0.717) is 17.6 Å². The van der Waals surface area contributed by atoms with Gasteiger partial charge in [0.2, 0.25) is 0 Å². The van der Waals surface area contributed by atoms with Crippen molar-refractivity contribution < 1.29 is 17.9 Å². The molecule has 2 fully saturated rings. The molecule has 0 spiro atoms. The van der Waals surface area contributed by atoms with Crippen molar-refractivity contribution >= 4 is 0 Å². The fraction of sp³-hybridized carbons (Fsp3) is 0.793. The number of ether oxygens (including phenoxy) is 1. The number of hydrogen-bond donors (Lipinski definition) is 0. The minimum Gasteiger partial charge on any atom is -0.378 e. The molecular formula is C29H45F3O. The Kier molecular flexibility index (Phi) is 11.1. The van der Waals surface area contributed by atoms with E-state index in [9.17, 15) is 13.2 Å². The predicted octanol–water partition coefficient (Wildman–Crippen LogP) is 9.39. The van der Waals surface area contributed by atoms with Gasteiger partial charge in [-0.1, -0.05) is 69.7 Å². The van der Waals surface area contributed by atoms with Crippen molar-refractivity contribution in [2.24, 2.45) is 11.8 Å². The minimum atomic E-state index is -4.13. The molecule has 0 bridgehead atoms. The molecule has 4 heteroatoms. The molecule has 2 aliphatic carbocycles. The molecule has 2 saturated carbocycles. The van der Waals surface area contributed by atoms with Gasteiger partial charge in [-0.25, -0.2) is 0 Å². The first-order chi connectivity index (χ1) is 15.9.